The van der Waals surface area contributed by atoms with Crippen molar-refractivity contribution in [3.8, 4) is 5.75 Å². The summed E-state index contributed by atoms with van der Waals surface area (Å²) in [6, 6.07) is 7.33. The third-order valence-electron chi connectivity index (χ3n) is 4.24. The van der Waals surface area contributed by atoms with Crippen molar-refractivity contribution in [3.63, 3.8) is 0 Å². The summed E-state index contributed by atoms with van der Waals surface area (Å²) in [6.07, 6.45) is 2.18. The molecule has 0 radical (unpaired) electrons. The van der Waals surface area contributed by atoms with E-state index in [1.165, 1.54) is 0 Å². The van der Waals surface area contributed by atoms with Gasteiger partial charge >= 0.3 is 5.97 Å². The van der Waals surface area contributed by atoms with E-state index in [4.69, 9.17) is 9.84 Å². The van der Waals surface area contributed by atoms with Crippen LogP contribution < -0.4 is 10.1 Å². The van der Waals surface area contributed by atoms with Crippen LogP contribution in [-0.2, 0) is 16.0 Å². The normalized spacial score (nSPS) is 22.8. The summed E-state index contributed by atoms with van der Waals surface area (Å²) in [5.41, 5.74) is 1.16. The van der Waals surface area contributed by atoms with Crippen molar-refractivity contribution < 1.29 is 19.4 Å². The molecule has 23 heavy (non-hydrogen) atoms. The van der Waals surface area contributed by atoms with Gasteiger partial charge in [0.25, 0.3) is 0 Å². The Kier molecular flexibility index (Phi) is 5.85. The minimum Gasteiger partial charge on any atom is -0.488 e. The SMILES string of the molecule is Cl.O=C(CN1CCCC1C(=O)O)NCC1Cc2ccccc2O1. The van der Waals surface area contributed by atoms with E-state index in [9.17, 15) is 9.59 Å². The van der Waals surface area contributed by atoms with Crippen LogP contribution in [0.25, 0.3) is 0 Å². The van der Waals surface area contributed by atoms with Crippen molar-refractivity contribution in [2.45, 2.75) is 31.4 Å². The van der Waals surface area contributed by atoms with Gasteiger partial charge < -0.3 is 15.2 Å². The van der Waals surface area contributed by atoms with E-state index in [-0.39, 0.29) is 31.0 Å². The smallest absolute Gasteiger partial charge is 0.320 e. The Labute approximate surface area is 141 Å². The summed E-state index contributed by atoms with van der Waals surface area (Å²) in [5.74, 6) is -0.111. The highest BCUT2D eigenvalue weighted by molar-refractivity contribution is 5.85. The van der Waals surface area contributed by atoms with Gasteiger partial charge in [-0.25, -0.2) is 0 Å². The topological polar surface area (TPSA) is 78.9 Å². The van der Waals surface area contributed by atoms with Crippen molar-refractivity contribution in [2.75, 3.05) is 19.6 Å². The molecule has 1 fully saturated rings. The lowest BCUT2D eigenvalue weighted by molar-refractivity contribution is -0.142. The van der Waals surface area contributed by atoms with Crippen molar-refractivity contribution >= 4 is 24.3 Å². The molecule has 1 aromatic carbocycles. The lowest BCUT2D eigenvalue weighted by atomic mass is 10.1. The number of ether oxygens (including phenoxy) is 1. The molecule has 1 amide bonds. The molecule has 0 spiro atoms. The Hall–Kier alpha value is -1.79. The van der Waals surface area contributed by atoms with Crippen molar-refractivity contribution in [1.29, 1.82) is 0 Å². The number of carbonyl (C=O) groups excluding carboxylic acids is 1. The second-order valence-electron chi connectivity index (χ2n) is 5.82. The Bertz CT molecular complexity index is 556. The van der Waals surface area contributed by atoms with Crippen LogP contribution in [0.1, 0.15) is 18.4 Å². The van der Waals surface area contributed by atoms with Gasteiger partial charge in [-0.3, -0.25) is 14.5 Å². The van der Waals surface area contributed by atoms with Crippen LogP contribution in [0.5, 0.6) is 5.75 Å². The van der Waals surface area contributed by atoms with Gasteiger partial charge in [-0.05, 0) is 31.0 Å². The maximum atomic E-state index is 12.0. The number of rotatable bonds is 5. The largest absolute Gasteiger partial charge is 0.488 e. The molecule has 2 unspecified atom stereocenters. The third-order valence-corrected chi connectivity index (χ3v) is 4.24. The molecule has 3 rings (SSSR count). The van der Waals surface area contributed by atoms with Crippen molar-refractivity contribution in [3.05, 3.63) is 29.8 Å². The standard InChI is InChI=1S/C16H20N2O4.ClH/c19-15(10-18-7-3-5-13(18)16(20)21)17-9-12-8-11-4-1-2-6-14(11)22-12;/h1-2,4,6,12-13H,3,5,7-10H2,(H,17,19)(H,20,21);1H. The van der Waals surface area contributed by atoms with Crippen LogP contribution in [-0.4, -0.2) is 53.7 Å². The van der Waals surface area contributed by atoms with Crippen molar-refractivity contribution in [1.82, 2.24) is 10.2 Å². The van der Waals surface area contributed by atoms with Gasteiger partial charge in [0.05, 0.1) is 13.1 Å². The summed E-state index contributed by atoms with van der Waals surface area (Å²) < 4.78 is 5.76. The molecule has 126 valence electrons. The number of carbonyl (C=O) groups is 2. The lowest BCUT2D eigenvalue weighted by Gasteiger charge is -2.20. The molecular formula is C16H21ClN2O4. The number of fused-ring (bicyclic) bond motifs is 1. The Morgan fingerprint density at radius 2 is 2.13 bits per heavy atom. The van der Waals surface area contributed by atoms with E-state index in [0.717, 1.165) is 24.2 Å². The average molecular weight is 341 g/mol. The second-order valence-corrected chi connectivity index (χ2v) is 5.82. The fourth-order valence-corrected chi connectivity index (χ4v) is 3.13. The molecule has 0 saturated carbocycles. The number of benzene rings is 1. The molecule has 1 aromatic rings. The van der Waals surface area contributed by atoms with E-state index >= 15 is 0 Å². The summed E-state index contributed by atoms with van der Waals surface area (Å²) in [7, 11) is 0. The van der Waals surface area contributed by atoms with Crippen LogP contribution in [0.3, 0.4) is 0 Å². The molecule has 6 nitrogen and oxygen atoms in total. The number of carboxylic acids is 1. The van der Waals surface area contributed by atoms with Crippen LogP contribution in [0.4, 0.5) is 0 Å². The number of aliphatic carboxylic acids is 1. The quantitative estimate of drug-likeness (QED) is 0.838. The molecule has 2 aliphatic heterocycles. The molecule has 0 aliphatic carbocycles. The Balaban J connectivity index is 0.00000192. The Morgan fingerprint density at radius 1 is 1.35 bits per heavy atom. The zero-order valence-electron chi connectivity index (χ0n) is 12.7. The second kappa shape index (κ2) is 7.66. The van der Waals surface area contributed by atoms with Crippen LogP contribution in [0.2, 0.25) is 0 Å². The predicted molar refractivity (Wildman–Crippen MR) is 87.1 cm³/mol. The van der Waals surface area contributed by atoms with Gasteiger partial charge in [-0.15, -0.1) is 12.4 Å². The molecule has 1 saturated heterocycles. The van der Waals surface area contributed by atoms with Crippen molar-refractivity contribution in [2.24, 2.45) is 0 Å². The first kappa shape index (κ1) is 17.6. The number of hydrogen-bond donors (Lipinski definition) is 2. The summed E-state index contributed by atoms with van der Waals surface area (Å²) in [4.78, 5) is 24.8. The number of amides is 1. The van der Waals surface area contributed by atoms with E-state index in [1.54, 1.807) is 4.90 Å². The average Bonchev–Trinajstić information content (AvgIpc) is 3.10. The first-order chi connectivity index (χ1) is 10.6. The zero-order valence-corrected chi connectivity index (χ0v) is 13.6. The fourth-order valence-electron chi connectivity index (χ4n) is 3.13. The van der Waals surface area contributed by atoms with Crippen LogP contribution in [0.15, 0.2) is 24.3 Å². The van der Waals surface area contributed by atoms with E-state index in [1.807, 2.05) is 24.3 Å². The summed E-state index contributed by atoms with van der Waals surface area (Å²) in [5, 5.41) is 12.0. The molecule has 2 aliphatic rings. The number of carboxylic acid groups (broad SMARTS) is 1. The molecule has 2 heterocycles. The van der Waals surface area contributed by atoms with Crippen LogP contribution >= 0.6 is 12.4 Å². The fraction of sp³-hybridized carbons (Fsp3) is 0.500. The maximum Gasteiger partial charge on any atom is 0.320 e. The highest BCUT2D eigenvalue weighted by Gasteiger charge is 2.31. The highest BCUT2D eigenvalue weighted by Crippen LogP contribution is 2.27. The number of para-hydroxylation sites is 1. The number of nitrogens with one attached hydrogen (secondary N) is 1. The molecule has 2 atom stereocenters. The first-order valence-electron chi connectivity index (χ1n) is 7.61. The van der Waals surface area contributed by atoms with Gasteiger partial charge in [-0.1, -0.05) is 18.2 Å². The minimum atomic E-state index is -0.847. The van der Waals surface area contributed by atoms with Gasteiger partial charge in [0.15, 0.2) is 0 Å². The predicted octanol–water partition coefficient (Wildman–Crippen LogP) is 1.08. The minimum absolute atomic E-state index is 0. The maximum absolute atomic E-state index is 12.0. The van der Waals surface area contributed by atoms with E-state index < -0.39 is 12.0 Å². The third kappa shape index (κ3) is 4.14. The molecule has 0 bridgehead atoms. The molecule has 2 N–H and O–H groups in total. The van der Waals surface area contributed by atoms with Crippen LogP contribution in [0, 0.1) is 0 Å². The highest BCUT2D eigenvalue weighted by atomic mass is 35.5. The number of likely N-dealkylation sites (tertiary alicyclic amines) is 1. The molecular weight excluding hydrogens is 320 g/mol. The Morgan fingerprint density at radius 3 is 2.87 bits per heavy atom. The first-order valence-corrected chi connectivity index (χ1v) is 7.61. The van der Waals surface area contributed by atoms with Gasteiger partial charge in [0.2, 0.25) is 5.91 Å². The summed E-state index contributed by atoms with van der Waals surface area (Å²) >= 11 is 0. The number of halogens is 1. The lowest BCUT2D eigenvalue weighted by Crippen LogP contribution is -2.44. The zero-order chi connectivity index (χ0) is 15.5. The number of hydrogen-bond acceptors (Lipinski definition) is 4. The van der Waals surface area contributed by atoms with E-state index in [2.05, 4.69) is 5.32 Å². The summed E-state index contributed by atoms with van der Waals surface area (Å²) in [6.45, 7) is 1.24. The van der Waals surface area contributed by atoms with Gasteiger partial charge in [0.1, 0.15) is 17.9 Å². The van der Waals surface area contributed by atoms with Gasteiger partial charge in [0, 0.05) is 6.42 Å². The van der Waals surface area contributed by atoms with Gasteiger partial charge in [-0.2, -0.15) is 0 Å². The molecule has 0 aromatic heterocycles. The number of nitrogens with zero attached hydrogens (tertiary/aromatic N) is 1. The monoisotopic (exact) mass is 340 g/mol. The molecule has 7 heteroatoms. The van der Waals surface area contributed by atoms with E-state index in [0.29, 0.717) is 19.5 Å².